The van der Waals surface area contributed by atoms with E-state index in [2.05, 4.69) is 0 Å². The van der Waals surface area contributed by atoms with Crippen LogP contribution >= 0.6 is 11.6 Å². The van der Waals surface area contributed by atoms with Crippen molar-refractivity contribution in [1.29, 1.82) is 0 Å². The van der Waals surface area contributed by atoms with E-state index in [9.17, 15) is 9.59 Å². The highest BCUT2D eigenvalue weighted by Crippen LogP contribution is 2.28. The van der Waals surface area contributed by atoms with Crippen LogP contribution in [0.4, 0.5) is 4.79 Å². The molecule has 7 heteroatoms. The summed E-state index contributed by atoms with van der Waals surface area (Å²) in [6, 6.07) is 5.13. The molecule has 0 atom stereocenters. The molecule has 0 aliphatic carbocycles. The Labute approximate surface area is 127 Å². The van der Waals surface area contributed by atoms with Crippen molar-refractivity contribution >= 4 is 29.8 Å². The minimum Gasteiger partial charge on any atom is -0.499 e. The van der Waals surface area contributed by atoms with Gasteiger partial charge in [-0.3, -0.25) is 4.79 Å². The summed E-state index contributed by atoms with van der Waals surface area (Å²) >= 11 is 6.20. The number of carbonyl (C=O) groups is 2. The molecule has 0 bridgehead atoms. The summed E-state index contributed by atoms with van der Waals surface area (Å²) in [7, 11) is 0. The highest BCUT2D eigenvalue weighted by molar-refractivity contribution is 6.32. The van der Waals surface area contributed by atoms with Crippen molar-refractivity contribution in [2.24, 2.45) is 5.73 Å². The van der Waals surface area contributed by atoms with Crippen LogP contribution in [0.2, 0.25) is 5.02 Å². The van der Waals surface area contributed by atoms with E-state index < -0.39 is 6.09 Å². The predicted molar refractivity (Wildman–Crippen MR) is 77.1 cm³/mol. The summed E-state index contributed by atoms with van der Waals surface area (Å²) in [6.07, 6.45) is 2.14. The van der Waals surface area contributed by atoms with E-state index in [1.54, 1.807) is 18.2 Å². The number of nitrogens with zero attached hydrogens (tertiary/aromatic N) is 1. The van der Waals surface area contributed by atoms with E-state index in [0.717, 1.165) is 12.8 Å². The monoisotopic (exact) mass is 310 g/mol. The topological polar surface area (TPSA) is 81.9 Å². The first-order valence-electron chi connectivity index (χ1n) is 6.36. The molecule has 2 amide bonds. The lowest BCUT2D eigenvalue weighted by Gasteiger charge is -2.19. The molecule has 1 aromatic carbocycles. The fourth-order valence-electron chi connectivity index (χ4n) is 1.98. The molecule has 21 heavy (non-hydrogen) atoms. The van der Waals surface area contributed by atoms with Crippen molar-refractivity contribution in [1.82, 2.24) is 4.90 Å². The van der Waals surface area contributed by atoms with E-state index in [1.807, 2.05) is 0 Å². The Balaban J connectivity index is 2.32. The van der Waals surface area contributed by atoms with Crippen LogP contribution in [0, 0.1) is 0 Å². The van der Waals surface area contributed by atoms with Gasteiger partial charge in [-0.2, -0.15) is 0 Å². The Morgan fingerprint density at radius 3 is 3.05 bits per heavy atom. The molecule has 1 aliphatic heterocycles. The minimum atomic E-state index is -0.849. The highest BCUT2D eigenvalue weighted by atomic mass is 35.5. The van der Waals surface area contributed by atoms with Crippen LogP contribution in [-0.4, -0.2) is 30.6 Å². The van der Waals surface area contributed by atoms with Gasteiger partial charge in [0, 0.05) is 12.1 Å². The standard InChI is InChI=1S/C14H15ClN2O4/c15-12-3-2-10(7-21-14(16)19)6-11(12)13-8-20-5-1-4-17(13)9-18/h2-3,6,8-9H,1,4-5,7H2,(H2,16,19). The second kappa shape index (κ2) is 6.99. The fourth-order valence-corrected chi connectivity index (χ4v) is 2.20. The average Bonchev–Trinajstić information content (AvgIpc) is 2.71. The number of ether oxygens (including phenoxy) is 2. The molecule has 0 radical (unpaired) electrons. The Bertz CT molecular complexity index is 574. The van der Waals surface area contributed by atoms with Gasteiger partial charge >= 0.3 is 6.09 Å². The molecule has 6 nitrogen and oxygen atoms in total. The summed E-state index contributed by atoms with van der Waals surface area (Å²) in [6.45, 7) is 1.12. The first-order valence-corrected chi connectivity index (χ1v) is 6.74. The van der Waals surface area contributed by atoms with Gasteiger partial charge in [-0.05, 0) is 24.1 Å². The van der Waals surface area contributed by atoms with Gasteiger partial charge in [-0.1, -0.05) is 17.7 Å². The molecule has 0 spiro atoms. The number of benzene rings is 1. The SMILES string of the molecule is NC(=O)OCc1ccc(Cl)c(C2=COCCCN2C=O)c1. The zero-order valence-electron chi connectivity index (χ0n) is 11.3. The molecule has 1 heterocycles. The summed E-state index contributed by atoms with van der Waals surface area (Å²) in [4.78, 5) is 23.4. The maximum atomic E-state index is 11.2. The second-order valence-corrected chi connectivity index (χ2v) is 4.86. The molecule has 2 N–H and O–H groups in total. The zero-order valence-corrected chi connectivity index (χ0v) is 12.0. The van der Waals surface area contributed by atoms with Gasteiger partial charge in [0.15, 0.2) is 0 Å². The largest absolute Gasteiger partial charge is 0.499 e. The van der Waals surface area contributed by atoms with Crippen molar-refractivity contribution in [2.75, 3.05) is 13.2 Å². The van der Waals surface area contributed by atoms with Crippen LogP contribution in [0.3, 0.4) is 0 Å². The van der Waals surface area contributed by atoms with Crippen LogP contribution in [0.15, 0.2) is 24.5 Å². The van der Waals surface area contributed by atoms with Crippen molar-refractivity contribution in [3.8, 4) is 0 Å². The molecule has 1 aliphatic rings. The third-order valence-electron chi connectivity index (χ3n) is 2.98. The van der Waals surface area contributed by atoms with E-state index in [4.69, 9.17) is 26.8 Å². The van der Waals surface area contributed by atoms with Crippen molar-refractivity contribution in [3.05, 3.63) is 40.6 Å². The lowest BCUT2D eigenvalue weighted by molar-refractivity contribution is -0.115. The first-order chi connectivity index (χ1) is 10.1. The molecule has 2 rings (SSSR count). The molecular weight excluding hydrogens is 296 g/mol. The van der Waals surface area contributed by atoms with Crippen molar-refractivity contribution in [3.63, 3.8) is 0 Å². The summed E-state index contributed by atoms with van der Waals surface area (Å²) in [5.41, 5.74) is 6.87. The third-order valence-corrected chi connectivity index (χ3v) is 3.31. The summed E-state index contributed by atoms with van der Waals surface area (Å²) in [5.74, 6) is 0. The molecule has 0 fully saturated rings. The Kier molecular flexibility index (Phi) is 5.05. The molecule has 1 aromatic rings. The van der Waals surface area contributed by atoms with Gasteiger partial charge in [0.25, 0.3) is 0 Å². The minimum absolute atomic E-state index is 0.0364. The normalized spacial score (nSPS) is 14.7. The Hall–Kier alpha value is -2.21. The first kappa shape index (κ1) is 15.2. The maximum absolute atomic E-state index is 11.2. The van der Waals surface area contributed by atoms with Crippen LogP contribution in [-0.2, 0) is 20.9 Å². The van der Waals surface area contributed by atoms with Gasteiger partial charge in [-0.15, -0.1) is 0 Å². The second-order valence-electron chi connectivity index (χ2n) is 4.45. The van der Waals surface area contributed by atoms with Gasteiger partial charge in [-0.25, -0.2) is 4.79 Å². The lowest BCUT2D eigenvalue weighted by Crippen LogP contribution is -2.21. The molecule has 112 valence electrons. The number of primary amides is 1. The van der Waals surface area contributed by atoms with Gasteiger partial charge in [0.1, 0.15) is 12.9 Å². The van der Waals surface area contributed by atoms with Gasteiger partial charge in [0.05, 0.1) is 17.3 Å². The van der Waals surface area contributed by atoms with Crippen LogP contribution in [0.1, 0.15) is 17.5 Å². The predicted octanol–water partition coefficient (Wildman–Crippen LogP) is 2.11. The number of nitrogens with two attached hydrogens (primary N) is 1. The molecule has 0 saturated heterocycles. The lowest BCUT2D eigenvalue weighted by atomic mass is 10.1. The molecule has 0 saturated carbocycles. The quantitative estimate of drug-likeness (QED) is 0.864. The van der Waals surface area contributed by atoms with Gasteiger partial charge < -0.3 is 20.1 Å². The van der Waals surface area contributed by atoms with E-state index >= 15 is 0 Å². The Morgan fingerprint density at radius 2 is 2.33 bits per heavy atom. The smallest absolute Gasteiger partial charge is 0.404 e. The van der Waals surface area contributed by atoms with E-state index in [1.165, 1.54) is 11.2 Å². The number of hydrogen-bond donors (Lipinski definition) is 1. The average molecular weight is 311 g/mol. The number of halogens is 1. The number of amides is 2. The van der Waals surface area contributed by atoms with Crippen molar-refractivity contribution < 1.29 is 19.1 Å². The fraction of sp³-hybridized carbons (Fsp3) is 0.286. The van der Waals surface area contributed by atoms with Crippen LogP contribution in [0.25, 0.3) is 5.70 Å². The molecular formula is C14H15ClN2O4. The number of carbonyl (C=O) groups excluding carboxylic acids is 2. The maximum Gasteiger partial charge on any atom is 0.404 e. The number of hydrogen-bond acceptors (Lipinski definition) is 4. The van der Waals surface area contributed by atoms with Crippen molar-refractivity contribution in [2.45, 2.75) is 13.0 Å². The van der Waals surface area contributed by atoms with E-state index in [-0.39, 0.29) is 6.61 Å². The van der Waals surface area contributed by atoms with Crippen LogP contribution in [0.5, 0.6) is 0 Å². The summed E-state index contributed by atoms with van der Waals surface area (Å²) in [5, 5.41) is 0.474. The number of rotatable bonds is 4. The third kappa shape index (κ3) is 3.88. The Morgan fingerprint density at radius 1 is 1.52 bits per heavy atom. The molecule has 0 unspecified atom stereocenters. The summed E-state index contributed by atoms with van der Waals surface area (Å²) < 4.78 is 10.1. The molecule has 0 aromatic heterocycles. The highest BCUT2D eigenvalue weighted by Gasteiger charge is 2.17. The van der Waals surface area contributed by atoms with E-state index in [0.29, 0.717) is 35.0 Å². The van der Waals surface area contributed by atoms with Crippen LogP contribution < -0.4 is 5.73 Å². The van der Waals surface area contributed by atoms with Gasteiger partial charge in [0.2, 0.25) is 6.41 Å². The zero-order chi connectivity index (χ0) is 15.2.